The topological polar surface area (TPSA) is 88.2 Å². The van der Waals surface area contributed by atoms with Crippen LogP contribution in [0.25, 0.3) is 11.3 Å². The van der Waals surface area contributed by atoms with Crippen molar-refractivity contribution in [3.63, 3.8) is 0 Å². The van der Waals surface area contributed by atoms with Gasteiger partial charge >= 0.3 is 0 Å². The van der Waals surface area contributed by atoms with Gasteiger partial charge in [0, 0.05) is 37.2 Å². The lowest BCUT2D eigenvalue weighted by molar-refractivity contribution is 0.0739. The summed E-state index contributed by atoms with van der Waals surface area (Å²) in [6.45, 7) is 3.49. The first-order valence-electron chi connectivity index (χ1n) is 11.9. The Morgan fingerprint density at radius 2 is 1.70 bits per heavy atom. The summed E-state index contributed by atoms with van der Waals surface area (Å²) in [7, 11) is 0. The minimum Gasteiger partial charge on any atom is -0.381 e. The number of hydrogen-bond acceptors (Lipinski definition) is 6. The van der Waals surface area contributed by atoms with Crippen LogP contribution in [0.1, 0.15) is 29.5 Å². The number of carbonyl (C=O) groups excluding carboxylic acids is 1. The molecule has 0 radical (unpaired) electrons. The zero-order valence-electron chi connectivity index (χ0n) is 20.2. The van der Waals surface area contributed by atoms with Crippen LogP contribution in [0.5, 0.6) is 0 Å². The van der Waals surface area contributed by atoms with E-state index in [9.17, 15) is 18.0 Å². The van der Waals surface area contributed by atoms with Crippen molar-refractivity contribution in [2.75, 3.05) is 36.8 Å². The van der Waals surface area contributed by atoms with Crippen molar-refractivity contribution in [1.29, 1.82) is 0 Å². The van der Waals surface area contributed by atoms with Crippen molar-refractivity contribution in [1.82, 2.24) is 19.9 Å². The Balaban J connectivity index is 1.45. The van der Waals surface area contributed by atoms with Crippen molar-refractivity contribution >= 4 is 17.5 Å². The monoisotopic (exact) mass is 506 g/mol. The van der Waals surface area contributed by atoms with Gasteiger partial charge in [-0.1, -0.05) is 19.1 Å². The highest BCUT2D eigenvalue weighted by atomic mass is 19.1. The van der Waals surface area contributed by atoms with E-state index < -0.39 is 11.4 Å². The fourth-order valence-corrected chi connectivity index (χ4v) is 4.57. The van der Waals surface area contributed by atoms with Gasteiger partial charge in [-0.2, -0.15) is 4.39 Å². The second-order valence-electron chi connectivity index (χ2n) is 9.31. The Morgan fingerprint density at radius 1 is 0.973 bits per heavy atom. The minimum absolute atomic E-state index is 0.0509. The summed E-state index contributed by atoms with van der Waals surface area (Å²) in [5.74, 6) is -1.10. The molecule has 1 unspecified atom stereocenters. The number of nitrogens with two attached hydrogens (primary N) is 1. The third-order valence-electron chi connectivity index (χ3n) is 6.69. The summed E-state index contributed by atoms with van der Waals surface area (Å²) >= 11 is 0. The van der Waals surface area contributed by atoms with Crippen molar-refractivity contribution in [3.05, 3.63) is 89.7 Å². The fraction of sp³-hybridized carbons (Fsp3) is 0.259. The van der Waals surface area contributed by atoms with Crippen LogP contribution in [0.15, 0.2) is 66.5 Å². The van der Waals surface area contributed by atoms with E-state index in [1.54, 1.807) is 23.1 Å². The normalized spacial score (nSPS) is 19.6. The van der Waals surface area contributed by atoms with Crippen LogP contribution in [-0.4, -0.2) is 51.9 Å². The van der Waals surface area contributed by atoms with Crippen molar-refractivity contribution < 1.29 is 18.0 Å². The number of hydrogen-bond donors (Lipinski definition) is 1. The molecule has 1 aromatic carbocycles. The highest BCUT2D eigenvalue weighted by Gasteiger charge is 2.33. The lowest BCUT2D eigenvalue weighted by Crippen LogP contribution is -2.49. The second kappa shape index (κ2) is 9.68. The molecule has 0 spiro atoms. The average molecular weight is 507 g/mol. The second-order valence-corrected chi connectivity index (χ2v) is 9.31. The van der Waals surface area contributed by atoms with E-state index in [0.29, 0.717) is 55.4 Å². The highest BCUT2D eigenvalue weighted by Crippen LogP contribution is 2.40. The summed E-state index contributed by atoms with van der Waals surface area (Å²) in [4.78, 5) is 29.6. The van der Waals surface area contributed by atoms with E-state index in [1.807, 2.05) is 11.8 Å². The molecule has 0 saturated carbocycles. The van der Waals surface area contributed by atoms with Gasteiger partial charge in [0.1, 0.15) is 17.3 Å². The molecule has 1 aliphatic carbocycles. The van der Waals surface area contributed by atoms with Gasteiger partial charge in [0.25, 0.3) is 5.91 Å². The molecule has 1 amide bonds. The standard InChI is InChI=1S/C27H25F3N6O/c1-27(11-9-19(29)10-12-27)23-22(17-5-7-18(28)8-6-17)33-25(24(31)34-23)35-13-15-36(16-14-35)26(37)20-3-2-4-21(30)32-20/h2-11H,12-16H2,1H3,(H2,31,34). The van der Waals surface area contributed by atoms with E-state index in [1.165, 1.54) is 42.5 Å². The van der Waals surface area contributed by atoms with Gasteiger partial charge in [-0.3, -0.25) is 4.79 Å². The number of benzene rings is 1. The number of nitrogen functional groups attached to an aromatic ring is 1. The van der Waals surface area contributed by atoms with Crippen LogP contribution in [0.2, 0.25) is 0 Å². The molecule has 1 atom stereocenters. The van der Waals surface area contributed by atoms with E-state index in [-0.39, 0.29) is 29.1 Å². The molecule has 3 heterocycles. The van der Waals surface area contributed by atoms with Crippen LogP contribution in [0.3, 0.4) is 0 Å². The molecule has 1 fully saturated rings. The molecular weight excluding hydrogens is 481 g/mol. The number of anilines is 2. The first-order chi connectivity index (χ1) is 17.7. The maximum absolute atomic E-state index is 13.7. The number of allylic oxidation sites excluding steroid dienone is 4. The molecule has 37 heavy (non-hydrogen) atoms. The van der Waals surface area contributed by atoms with E-state index in [2.05, 4.69) is 4.98 Å². The first kappa shape index (κ1) is 24.5. The van der Waals surface area contributed by atoms with E-state index >= 15 is 0 Å². The third kappa shape index (κ3) is 4.91. The zero-order chi connectivity index (χ0) is 26.2. The van der Waals surface area contributed by atoms with Crippen LogP contribution < -0.4 is 10.6 Å². The van der Waals surface area contributed by atoms with Gasteiger partial charge in [0.2, 0.25) is 5.95 Å². The third-order valence-corrected chi connectivity index (χ3v) is 6.69. The number of piperazine rings is 1. The van der Waals surface area contributed by atoms with Crippen molar-refractivity contribution in [2.24, 2.45) is 0 Å². The van der Waals surface area contributed by atoms with Gasteiger partial charge < -0.3 is 15.5 Å². The van der Waals surface area contributed by atoms with Gasteiger partial charge in [-0.15, -0.1) is 0 Å². The fourth-order valence-electron chi connectivity index (χ4n) is 4.57. The predicted octanol–water partition coefficient (Wildman–Crippen LogP) is 4.43. The zero-order valence-corrected chi connectivity index (χ0v) is 20.2. The van der Waals surface area contributed by atoms with Crippen LogP contribution in [-0.2, 0) is 5.41 Å². The van der Waals surface area contributed by atoms with Crippen LogP contribution in [0, 0.1) is 11.8 Å². The Morgan fingerprint density at radius 3 is 2.35 bits per heavy atom. The lowest BCUT2D eigenvalue weighted by Gasteiger charge is -2.36. The Hall–Kier alpha value is -4.21. The number of carbonyl (C=O) groups is 1. The van der Waals surface area contributed by atoms with Gasteiger partial charge in [-0.25, -0.2) is 23.7 Å². The van der Waals surface area contributed by atoms with Gasteiger partial charge in [0.05, 0.1) is 11.4 Å². The summed E-state index contributed by atoms with van der Waals surface area (Å²) in [5, 5.41) is 0. The van der Waals surface area contributed by atoms with Crippen molar-refractivity contribution in [2.45, 2.75) is 18.8 Å². The molecule has 1 saturated heterocycles. The van der Waals surface area contributed by atoms with E-state index in [4.69, 9.17) is 15.7 Å². The lowest BCUT2D eigenvalue weighted by atomic mass is 9.78. The van der Waals surface area contributed by atoms with Crippen molar-refractivity contribution in [3.8, 4) is 11.3 Å². The molecule has 5 rings (SSSR count). The molecule has 10 heteroatoms. The molecule has 7 nitrogen and oxygen atoms in total. The highest BCUT2D eigenvalue weighted by molar-refractivity contribution is 5.92. The van der Waals surface area contributed by atoms with Crippen LogP contribution in [0.4, 0.5) is 24.8 Å². The number of aromatic nitrogens is 3. The molecule has 2 aromatic heterocycles. The summed E-state index contributed by atoms with van der Waals surface area (Å²) in [6, 6.07) is 10.1. The summed E-state index contributed by atoms with van der Waals surface area (Å²) in [6.07, 6.45) is 4.99. The van der Waals surface area contributed by atoms with Gasteiger partial charge in [-0.05, 0) is 55.0 Å². The summed E-state index contributed by atoms with van der Waals surface area (Å²) < 4.78 is 40.9. The molecule has 3 aromatic rings. The molecular formula is C27H25F3N6O. The van der Waals surface area contributed by atoms with Crippen LogP contribution >= 0.6 is 0 Å². The maximum atomic E-state index is 13.7. The first-order valence-corrected chi connectivity index (χ1v) is 11.9. The van der Waals surface area contributed by atoms with E-state index in [0.717, 1.165) is 0 Å². The smallest absolute Gasteiger partial charge is 0.272 e. The Kier molecular flexibility index (Phi) is 6.41. The number of amides is 1. The Bertz CT molecular complexity index is 1400. The SMILES string of the molecule is CC1(c2nc(N)c(N3CCN(C(=O)c4cccc(F)n4)CC3)nc2-c2ccc(F)cc2)C=CC(F)=CC1. The number of rotatable bonds is 4. The number of pyridine rings is 1. The number of halogens is 3. The molecule has 1 aliphatic heterocycles. The molecule has 190 valence electrons. The quantitative estimate of drug-likeness (QED) is 0.527. The molecule has 2 aliphatic rings. The average Bonchev–Trinajstić information content (AvgIpc) is 2.90. The maximum Gasteiger partial charge on any atom is 0.272 e. The summed E-state index contributed by atoms with van der Waals surface area (Å²) in [5.41, 5.74) is 7.52. The largest absolute Gasteiger partial charge is 0.381 e. The van der Waals surface area contributed by atoms with Gasteiger partial charge in [0.15, 0.2) is 11.6 Å². The predicted molar refractivity (Wildman–Crippen MR) is 134 cm³/mol. The molecule has 2 N–H and O–H groups in total. The molecule has 0 bridgehead atoms. The minimum atomic E-state index is -0.708. The number of nitrogens with zero attached hydrogens (tertiary/aromatic N) is 5. The Labute approximate surface area is 212 Å².